The van der Waals surface area contributed by atoms with Gasteiger partial charge in [-0.3, -0.25) is 0 Å². The number of benzene rings is 2. The molecule has 0 saturated carbocycles. The lowest BCUT2D eigenvalue weighted by Gasteiger charge is -2.34. The van der Waals surface area contributed by atoms with E-state index in [4.69, 9.17) is 5.26 Å². The monoisotopic (exact) mass is 387 g/mol. The van der Waals surface area contributed by atoms with Crippen molar-refractivity contribution in [1.82, 2.24) is 10.3 Å². The molecule has 3 N–H and O–H groups in total. The summed E-state index contributed by atoms with van der Waals surface area (Å²) in [4.78, 5) is 4.39. The Morgan fingerprint density at radius 2 is 1.97 bits per heavy atom. The number of anilines is 2. The predicted molar refractivity (Wildman–Crippen MR) is 112 cm³/mol. The van der Waals surface area contributed by atoms with Crippen molar-refractivity contribution in [2.75, 3.05) is 23.7 Å². The SMILES string of the molecule is N#Cc1ccc(CCN[C@H](c2ccccc2F)[C@@H]2CNc3cccnc3N2)cc1. The Hall–Kier alpha value is -3.43. The Labute approximate surface area is 169 Å². The van der Waals surface area contributed by atoms with Gasteiger partial charge in [0.1, 0.15) is 11.6 Å². The van der Waals surface area contributed by atoms with Gasteiger partial charge >= 0.3 is 0 Å². The smallest absolute Gasteiger partial charge is 0.149 e. The molecule has 2 heterocycles. The molecule has 5 nitrogen and oxygen atoms in total. The summed E-state index contributed by atoms with van der Waals surface area (Å²) < 4.78 is 14.6. The normalized spacial score (nSPS) is 16.1. The molecule has 0 fully saturated rings. The van der Waals surface area contributed by atoms with Crippen molar-refractivity contribution in [1.29, 1.82) is 5.26 Å². The molecular formula is C23H22FN5. The van der Waals surface area contributed by atoms with Crippen LogP contribution in [0.5, 0.6) is 0 Å². The number of pyridine rings is 1. The van der Waals surface area contributed by atoms with Crippen LogP contribution in [-0.4, -0.2) is 24.1 Å². The van der Waals surface area contributed by atoms with E-state index < -0.39 is 0 Å². The van der Waals surface area contributed by atoms with Crippen LogP contribution in [-0.2, 0) is 6.42 Å². The highest BCUT2D eigenvalue weighted by atomic mass is 19.1. The average Bonchev–Trinajstić information content (AvgIpc) is 2.77. The molecule has 0 bridgehead atoms. The number of rotatable bonds is 6. The molecule has 0 saturated heterocycles. The molecule has 0 unspecified atom stereocenters. The van der Waals surface area contributed by atoms with Gasteiger partial charge in [0.2, 0.25) is 0 Å². The summed E-state index contributed by atoms with van der Waals surface area (Å²) in [6.45, 7) is 1.33. The van der Waals surface area contributed by atoms with Crippen LogP contribution < -0.4 is 16.0 Å². The summed E-state index contributed by atoms with van der Waals surface area (Å²) in [6, 6.07) is 20.1. The van der Waals surface area contributed by atoms with Crippen molar-refractivity contribution < 1.29 is 4.39 Å². The van der Waals surface area contributed by atoms with Gasteiger partial charge in [-0.25, -0.2) is 9.37 Å². The standard InChI is InChI=1S/C23H22FN5/c24-19-5-2-1-4-18(19)22(21-15-28-20-6-3-12-27-23(20)29-21)26-13-11-16-7-9-17(14-25)10-8-16/h1-10,12,21-22,26,28H,11,13,15H2,(H,27,29)/t21-,22+/m0/s1. The van der Waals surface area contributed by atoms with Crippen LogP contribution in [0.4, 0.5) is 15.9 Å². The van der Waals surface area contributed by atoms with Gasteiger partial charge in [0.05, 0.1) is 29.4 Å². The Morgan fingerprint density at radius 3 is 2.76 bits per heavy atom. The first kappa shape index (κ1) is 18.9. The number of nitrogens with one attached hydrogen (secondary N) is 3. The number of fused-ring (bicyclic) bond motifs is 1. The summed E-state index contributed by atoms with van der Waals surface area (Å²) in [5.74, 6) is 0.552. The van der Waals surface area contributed by atoms with Crippen molar-refractivity contribution in [3.8, 4) is 6.07 Å². The fourth-order valence-corrected chi connectivity index (χ4v) is 3.62. The number of hydrogen-bond acceptors (Lipinski definition) is 5. The first-order valence-electron chi connectivity index (χ1n) is 9.67. The molecule has 0 amide bonds. The molecule has 1 aliphatic heterocycles. The largest absolute Gasteiger partial charge is 0.380 e. The first-order valence-corrected chi connectivity index (χ1v) is 9.67. The van der Waals surface area contributed by atoms with Crippen LogP contribution in [0, 0.1) is 17.1 Å². The average molecular weight is 387 g/mol. The van der Waals surface area contributed by atoms with Crippen LogP contribution in [0.1, 0.15) is 22.7 Å². The highest BCUT2D eigenvalue weighted by molar-refractivity contribution is 5.67. The topological polar surface area (TPSA) is 72.8 Å². The predicted octanol–water partition coefficient (Wildman–Crippen LogP) is 3.87. The van der Waals surface area contributed by atoms with E-state index in [0.717, 1.165) is 23.5 Å². The molecule has 4 rings (SSSR count). The van der Waals surface area contributed by atoms with E-state index in [2.05, 4.69) is 27.0 Å². The number of nitrogens with zero attached hydrogens (tertiary/aromatic N) is 2. The maximum absolute atomic E-state index is 14.6. The molecular weight excluding hydrogens is 365 g/mol. The molecule has 0 aliphatic carbocycles. The van der Waals surface area contributed by atoms with Gasteiger partial charge in [0.15, 0.2) is 0 Å². The first-order chi connectivity index (χ1) is 14.2. The van der Waals surface area contributed by atoms with Crippen LogP contribution >= 0.6 is 0 Å². The second-order valence-corrected chi connectivity index (χ2v) is 7.04. The maximum atomic E-state index is 14.6. The fraction of sp³-hybridized carbons (Fsp3) is 0.217. The molecule has 0 spiro atoms. The lowest BCUT2D eigenvalue weighted by Crippen LogP contribution is -2.45. The van der Waals surface area contributed by atoms with Crippen molar-refractivity contribution in [3.05, 3.63) is 89.4 Å². The summed E-state index contributed by atoms with van der Waals surface area (Å²) in [5, 5.41) is 19.3. The molecule has 1 aliphatic rings. The number of hydrogen-bond donors (Lipinski definition) is 3. The second-order valence-electron chi connectivity index (χ2n) is 7.04. The molecule has 2 atom stereocenters. The minimum absolute atomic E-state index is 0.0599. The molecule has 2 aromatic carbocycles. The summed E-state index contributed by atoms with van der Waals surface area (Å²) >= 11 is 0. The molecule has 6 heteroatoms. The molecule has 1 aromatic heterocycles. The van der Waals surface area contributed by atoms with Gasteiger partial charge in [-0.05, 0) is 48.9 Å². The third-order valence-electron chi connectivity index (χ3n) is 5.15. The van der Waals surface area contributed by atoms with Gasteiger partial charge in [-0.15, -0.1) is 0 Å². The Morgan fingerprint density at radius 1 is 1.14 bits per heavy atom. The molecule has 146 valence electrons. The van der Waals surface area contributed by atoms with E-state index in [-0.39, 0.29) is 17.9 Å². The van der Waals surface area contributed by atoms with E-state index in [1.165, 1.54) is 6.07 Å². The number of aromatic nitrogens is 1. The van der Waals surface area contributed by atoms with E-state index in [1.54, 1.807) is 12.3 Å². The van der Waals surface area contributed by atoms with Gasteiger partial charge in [-0.2, -0.15) is 5.26 Å². The maximum Gasteiger partial charge on any atom is 0.149 e. The Kier molecular flexibility index (Phi) is 5.68. The van der Waals surface area contributed by atoms with Crippen LogP contribution in [0.15, 0.2) is 66.9 Å². The second kappa shape index (κ2) is 8.72. The van der Waals surface area contributed by atoms with Crippen LogP contribution in [0.3, 0.4) is 0 Å². The van der Waals surface area contributed by atoms with Gasteiger partial charge in [0.25, 0.3) is 0 Å². The zero-order valence-corrected chi connectivity index (χ0v) is 15.9. The van der Waals surface area contributed by atoms with E-state index in [9.17, 15) is 4.39 Å². The van der Waals surface area contributed by atoms with Crippen LogP contribution in [0.25, 0.3) is 0 Å². The van der Waals surface area contributed by atoms with E-state index in [1.807, 2.05) is 48.5 Å². The number of halogens is 1. The van der Waals surface area contributed by atoms with E-state index >= 15 is 0 Å². The van der Waals surface area contributed by atoms with Crippen LogP contribution in [0.2, 0.25) is 0 Å². The highest BCUT2D eigenvalue weighted by Gasteiger charge is 2.28. The molecule has 0 radical (unpaired) electrons. The lowest BCUT2D eigenvalue weighted by atomic mass is 9.96. The zero-order chi connectivity index (χ0) is 20.1. The molecule has 29 heavy (non-hydrogen) atoms. The third-order valence-corrected chi connectivity index (χ3v) is 5.15. The van der Waals surface area contributed by atoms with Crippen molar-refractivity contribution >= 4 is 11.5 Å². The Bertz CT molecular complexity index is 1010. The minimum Gasteiger partial charge on any atom is -0.380 e. The van der Waals surface area contributed by atoms with Gasteiger partial charge in [-0.1, -0.05) is 30.3 Å². The number of nitriles is 1. The van der Waals surface area contributed by atoms with Crippen molar-refractivity contribution in [3.63, 3.8) is 0 Å². The van der Waals surface area contributed by atoms with Crippen molar-refractivity contribution in [2.24, 2.45) is 0 Å². The van der Waals surface area contributed by atoms with Gasteiger partial charge in [0, 0.05) is 18.3 Å². The van der Waals surface area contributed by atoms with E-state index in [0.29, 0.717) is 24.2 Å². The zero-order valence-electron chi connectivity index (χ0n) is 15.9. The highest BCUT2D eigenvalue weighted by Crippen LogP contribution is 2.29. The third kappa shape index (κ3) is 4.36. The molecule has 3 aromatic rings. The minimum atomic E-state index is -0.225. The Balaban J connectivity index is 1.50. The summed E-state index contributed by atoms with van der Waals surface area (Å²) in [6.07, 6.45) is 2.53. The summed E-state index contributed by atoms with van der Waals surface area (Å²) in [5.41, 5.74) is 3.36. The quantitative estimate of drug-likeness (QED) is 0.599. The van der Waals surface area contributed by atoms with Gasteiger partial charge < -0.3 is 16.0 Å². The summed E-state index contributed by atoms with van der Waals surface area (Å²) in [7, 11) is 0. The lowest BCUT2D eigenvalue weighted by molar-refractivity contribution is 0.451. The van der Waals surface area contributed by atoms with Crippen molar-refractivity contribution in [2.45, 2.75) is 18.5 Å². The fourth-order valence-electron chi connectivity index (χ4n) is 3.62.